The number of nitrogens with zero attached hydrogens (tertiary/aromatic N) is 2. The minimum atomic E-state index is -0.0998. The Morgan fingerprint density at radius 3 is 2.57 bits per heavy atom. The molecule has 0 fully saturated rings. The number of aryl methyl sites for hydroxylation is 1. The average molecular weight is 284 g/mol. The summed E-state index contributed by atoms with van der Waals surface area (Å²) in [7, 11) is 1.67. The maximum Gasteiger partial charge on any atom is 0.125 e. The van der Waals surface area contributed by atoms with Crippen LogP contribution in [-0.4, -0.2) is 18.6 Å². The van der Waals surface area contributed by atoms with Crippen LogP contribution in [0.2, 0.25) is 0 Å². The summed E-state index contributed by atoms with van der Waals surface area (Å²) >= 11 is 0. The van der Waals surface area contributed by atoms with E-state index in [0.29, 0.717) is 13.0 Å². The third-order valence-corrected chi connectivity index (χ3v) is 3.29. The van der Waals surface area contributed by atoms with E-state index in [1.54, 1.807) is 7.05 Å². The second-order valence-corrected chi connectivity index (χ2v) is 5.09. The molecule has 0 aliphatic rings. The minimum absolute atomic E-state index is 0.0998. The minimum Gasteiger partial charge on any atom is -0.486 e. The Morgan fingerprint density at radius 2 is 1.90 bits per heavy atom. The van der Waals surface area contributed by atoms with Crippen molar-refractivity contribution < 1.29 is 4.74 Å². The van der Waals surface area contributed by atoms with Crippen molar-refractivity contribution in [2.75, 3.05) is 13.6 Å². The first-order valence-electron chi connectivity index (χ1n) is 7.01. The zero-order chi connectivity index (χ0) is 15.1. The van der Waals surface area contributed by atoms with Gasteiger partial charge in [-0.15, -0.1) is 4.91 Å². The van der Waals surface area contributed by atoms with Crippen LogP contribution in [0.4, 0.5) is 0 Å². The molecule has 4 nitrogen and oxygen atoms in total. The molecule has 2 rings (SSSR count). The molecule has 2 aromatic carbocycles. The van der Waals surface area contributed by atoms with Crippen LogP contribution >= 0.6 is 0 Å². The monoisotopic (exact) mass is 284 g/mol. The van der Waals surface area contributed by atoms with E-state index in [0.717, 1.165) is 16.9 Å². The molecule has 0 amide bonds. The Bertz CT molecular complexity index is 572. The molecule has 0 radical (unpaired) electrons. The molecule has 0 saturated heterocycles. The highest BCUT2D eigenvalue weighted by atomic mass is 16.5. The highest BCUT2D eigenvalue weighted by Crippen LogP contribution is 2.25. The lowest BCUT2D eigenvalue weighted by molar-refractivity contribution is 0.173. The zero-order valence-corrected chi connectivity index (χ0v) is 12.4. The molecule has 0 unspecified atom stereocenters. The van der Waals surface area contributed by atoms with Gasteiger partial charge in [0.15, 0.2) is 0 Å². The van der Waals surface area contributed by atoms with Gasteiger partial charge >= 0.3 is 0 Å². The zero-order valence-electron chi connectivity index (χ0n) is 12.4. The quantitative estimate of drug-likeness (QED) is 0.567. The maximum atomic E-state index is 10.5. The Labute approximate surface area is 125 Å². The van der Waals surface area contributed by atoms with Crippen molar-refractivity contribution in [3.8, 4) is 5.75 Å². The number of benzene rings is 2. The van der Waals surface area contributed by atoms with E-state index < -0.39 is 0 Å². The van der Waals surface area contributed by atoms with E-state index in [9.17, 15) is 4.91 Å². The normalized spacial score (nSPS) is 11.7. The van der Waals surface area contributed by atoms with Gasteiger partial charge in [0, 0.05) is 20.0 Å². The summed E-state index contributed by atoms with van der Waals surface area (Å²) in [6, 6.07) is 18.0. The van der Waals surface area contributed by atoms with Gasteiger partial charge in [-0.3, -0.25) is 5.01 Å². The van der Waals surface area contributed by atoms with E-state index >= 15 is 0 Å². The summed E-state index contributed by atoms with van der Waals surface area (Å²) in [4.78, 5) is 10.5. The second-order valence-electron chi connectivity index (χ2n) is 5.09. The molecule has 0 aromatic heterocycles. The molecule has 110 valence electrons. The Hall–Kier alpha value is -2.36. The number of hydrogen-bond donors (Lipinski definition) is 0. The van der Waals surface area contributed by atoms with Crippen molar-refractivity contribution in [2.24, 2.45) is 5.29 Å². The molecule has 0 aliphatic carbocycles. The standard InChI is InChI=1S/C17H20N2O2/c1-14-7-6-10-16(13-14)21-17(11-12-19(2)18-20)15-8-4-3-5-9-15/h3-10,13,17H,11-12H2,1-2H3/t17-/m1/s1. The van der Waals surface area contributed by atoms with Crippen LogP contribution in [0.1, 0.15) is 23.7 Å². The molecule has 0 saturated carbocycles. The molecule has 0 N–H and O–H groups in total. The lowest BCUT2D eigenvalue weighted by atomic mass is 10.1. The number of rotatable bonds is 7. The van der Waals surface area contributed by atoms with Crippen LogP contribution in [0, 0.1) is 11.8 Å². The Balaban J connectivity index is 2.13. The van der Waals surface area contributed by atoms with Crippen molar-refractivity contribution in [2.45, 2.75) is 19.4 Å². The van der Waals surface area contributed by atoms with Gasteiger partial charge in [-0.25, -0.2) is 0 Å². The summed E-state index contributed by atoms with van der Waals surface area (Å²) in [5, 5.41) is 4.29. The Morgan fingerprint density at radius 1 is 1.14 bits per heavy atom. The topological polar surface area (TPSA) is 41.9 Å². The molecule has 0 bridgehead atoms. The van der Waals surface area contributed by atoms with Gasteiger partial charge in [-0.1, -0.05) is 42.5 Å². The van der Waals surface area contributed by atoms with Gasteiger partial charge in [0.05, 0.1) is 5.29 Å². The van der Waals surface area contributed by atoms with E-state index in [1.807, 2.05) is 61.5 Å². The van der Waals surface area contributed by atoms with Crippen LogP contribution in [0.15, 0.2) is 59.9 Å². The first-order valence-corrected chi connectivity index (χ1v) is 7.01. The van der Waals surface area contributed by atoms with E-state index in [4.69, 9.17) is 4.74 Å². The summed E-state index contributed by atoms with van der Waals surface area (Å²) < 4.78 is 6.11. The van der Waals surface area contributed by atoms with Crippen LogP contribution in [0.3, 0.4) is 0 Å². The second kappa shape index (κ2) is 7.43. The fraction of sp³-hybridized carbons (Fsp3) is 0.294. The van der Waals surface area contributed by atoms with E-state index in [2.05, 4.69) is 5.29 Å². The molecule has 0 heterocycles. The van der Waals surface area contributed by atoms with Crippen molar-refractivity contribution >= 4 is 0 Å². The lowest BCUT2D eigenvalue weighted by Crippen LogP contribution is -2.17. The summed E-state index contributed by atoms with van der Waals surface area (Å²) in [5.41, 5.74) is 2.25. The van der Waals surface area contributed by atoms with Crippen LogP contribution < -0.4 is 4.74 Å². The largest absolute Gasteiger partial charge is 0.486 e. The molecule has 21 heavy (non-hydrogen) atoms. The predicted molar refractivity (Wildman–Crippen MR) is 84.0 cm³/mol. The van der Waals surface area contributed by atoms with Crippen molar-refractivity contribution in [3.63, 3.8) is 0 Å². The van der Waals surface area contributed by atoms with Gasteiger partial charge in [0.25, 0.3) is 0 Å². The smallest absolute Gasteiger partial charge is 0.125 e. The van der Waals surface area contributed by atoms with Crippen LogP contribution in [0.25, 0.3) is 0 Å². The highest BCUT2D eigenvalue weighted by molar-refractivity contribution is 5.29. The van der Waals surface area contributed by atoms with Crippen molar-refractivity contribution in [1.29, 1.82) is 0 Å². The third kappa shape index (κ3) is 4.60. The lowest BCUT2D eigenvalue weighted by Gasteiger charge is -2.21. The molecule has 4 heteroatoms. The van der Waals surface area contributed by atoms with Gasteiger partial charge in [-0.2, -0.15) is 0 Å². The van der Waals surface area contributed by atoms with Crippen LogP contribution in [0.5, 0.6) is 5.75 Å². The molecule has 2 aromatic rings. The molecular formula is C17H20N2O2. The third-order valence-electron chi connectivity index (χ3n) is 3.29. The van der Waals surface area contributed by atoms with E-state index in [1.165, 1.54) is 5.01 Å². The molecule has 0 aliphatic heterocycles. The molecule has 1 atom stereocenters. The predicted octanol–water partition coefficient (Wildman–Crippen LogP) is 4.12. The van der Waals surface area contributed by atoms with Crippen molar-refractivity contribution in [3.05, 3.63) is 70.6 Å². The summed E-state index contributed by atoms with van der Waals surface area (Å²) in [6.45, 7) is 2.59. The first-order chi connectivity index (χ1) is 10.2. The fourth-order valence-electron chi connectivity index (χ4n) is 2.16. The van der Waals surface area contributed by atoms with E-state index in [-0.39, 0.29) is 6.10 Å². The number of nitroso groups, excluding NO2 is 1. The van der Waals surface area contributed by atoms with Gasteiger partial charge in [0.1, 0.15) is 11.9 Å². The van der Waals surface area contributed by atoms with Crippen molar-refractivity contribution in [1.82, 2.24) is 5.01 Å². The summed E-state index contributed by atoms with van der Waals surface area (Å²) in [6.07, 6.45) is 0.595. The number of hydrogen-bond acceptors (Lipinski definition) is 3. The Kier molecular flexibility index (Phi) is 5.32. The SMILES string of the molecule is Cc1cccc(O[C@H](CCN(C)N=O)c2ccccc2)c1. The molecular weight excluding hydrogens is 264 g/mol. The average Bonchev–Trinajstić information content (AvgIpc) is 2.52. The highest BCUT2D eigenvalue weighted by Gasteiger charge is 2.14. The van der Waals surface area contributed by atoms with Crippen LogP contribution in [-0.2, 0) is 0 Å². The fourth-order valence-corrected chi connectivity index (χ4v) is 2.16. The first kappa shape index (κ1) is 15.0. The number of ether oxygens (including phenoxy) is 1. The van der Waals surface area contributed by atoms with Gasteiger partial charge in [-0.05, 0) is 30.2 Å². The van der Waals surface area contributed by atoms with Gasteiger partial charge < -0.3 is 4.74 Å². The summed E-state index contributed by atoms with van der Waals surface area (Å²) in [5.74, 6) is 0.838. The molecule has 0 spiro atoms. The maximum absolute atomic E-state index is 10.5. The van der Waals surface area contributed by atoms with Gasteiger partial charge in [0.2, 0.25) is 0 Å².